The number of hydrogen-bond acceptors (Lipinski definition) is 3. The van der Waals surface area contributed by atoms with Gasteiger partial charge in [-0.3, -0.25) is 9.59 Å². The average Bonchev–Trinajstić information content (AvgIpc) is 2.38. The van der Waals surface area contributed by atoms with Crippen LogP contribution in [0.15, 0.2) is 0 Å². The van der Waals surface area contributed by atoms with Gasteiger partial charge in [-0.15, -0.1) is 0 Å². The van der Waals surface area contributed by atoms with Gasteiger partial charge in [0.25, 0.3) is 0 Å². The SMILES string of the molecule is CCOC(=O)C1(C(=O)O)CCCC(C)(C)CC1. The maximum Gasteiger partial charge on any atom is 0.323 e. The Hall–Kier alpha value is -1.06. The molecule has 17 heavy (non-hydrogen) atoms. The third kappa shape index (κ3) is 2.99. The van der Waals surface area contributed by atoms with Crippen molar-refractivity contribution in [2.24, 2.45) is 10.8 Å². The third-order valence-electron chi connectivity index (χ3n) is 3.76. The van der Waals surface area contributed by atoms with Crippen LogP contribution >= 0.6 is 0 Å². The minimum atomic E-state index is -1.32. The lowest BCUT2D eigenvalue weighted by atomic mass is 9.78. The van der Waals surface area contributed by atoms with E-state index >= 15 is 0 Å². The second-order valence-corrected chi connectivity index (χ2v) is 5.63. The van der Waals surface area contributed by atoms with Gasteiger partial charge >= 0.3 is 11.9 Å². The smallest absolute Gasteiger partial charge is 0.323 e. The van der Waals surface area contributed by atoms with Crippen molar-refractivity contribution >= 4 is 11.9 Å². The first-order chi connectivity index (χ1) is 7.84. The van der Waals surface area contributed by atoms with Crippen molar-refractivity contribution in [2.45, 2.75) is 52.9 Å². The molecule has 0 saturated heterocycles. The summed E-state index contributed by atoms with van der Waals surface area (Å²) >= 11 is 0. The summed E-state index contributed by atoms with van der Waals surface area (Å²) in [5.74, 6) is -1.60. The van der Waals surface area contributed by atoms with Crippen LogP contribution in [-0.2, 0) is 14.3 Å². The molecule has 1 saturated carbocycles. The van der Waals surface area contributed by atoms with Crippen LogP contribution in [0.4, 0.5) is 0 Å². The number of rotatable bonds is 3. The lowest BCUT2D eigenvalue weighted by Gasteiger charge is -2.26. The van der Waals surface area contributed by atoms with E-state index in [0.29, 0.717) is 12.8 Å². The predicted octanol–water partition coefficient (Wildman–Crippen LogP) is 2.61. The average molecular weight is 242 g/mol. The summed E-state index contributed by atoms with van der Waals surface area (Å²) in [7, 11) is 0. The first kappa shape index (κ1) is 14.0. The molecule has 1 aliphatic carbocycles. The Balaban J connectivity index is 2.93. The van der Waals surface area contributed by atoms with Crippen LogP contribution in [-0.4, -0.2) is 23.7 Å². The zero-order valence-electron chi connectivity index (χ0n) is 10.9. The first-order valence-electron chi connectivity index (χ1n) is 6.25. The van der Waals surface area contributed by atoms with Crippen molar-refractivity contribution in [3.63, 3.8) is 0 Å². The van der Waals surface area contributed by atoms with E-state index in [1.165, 1.54) is 0 Å². The van der Waals surface area contributed by atoms with Crippen LogP contribution in [0, 0.1) is 10.8 Å². The summed E-state index contributed by atoms with van der Waals surface area (Å²) in [5, 5.41) is 9.38. The molecule has 4 nitrogen and oxygen atoms in total. The molecule has 4 heteroatoms. The molecule has 0 radical (unpaired) electrons. The number of carboxylic acid groups (broad SMARTS) is 1. The Morgan fingerprint density at radius 3 is 2.35 bits per heavy atom. The van der Waals surface area contributed by atoms with E-state index in [-0.39, 0.29) is 12.0 Å². The Kier molecular flexibility index (Phi) is 4.17. The Morgan fingerprint density at radius 1 is 1.18 bits per heavy atom. The normalized spacial score (nSPS) is 28.2. The Morgan fingerprint density at radius 2 is 1.82 bits per heavy atom. The summed E-state index contributed by atoms with van der Waals surface area (Å²) < 4.78 is 4.95. The number of ether oxygens (including phenoxy) is 1. The van der Waals surface area contributed by atoms with Gasteiger partial charge in [-0.25, -0.2) is 0 Å². The molecule has 1 atom stereocenters. The molecule has 0 amide bonds. The topological polar surface area (TPSA) is 63.6 Å². The molecule has 0 aromatic carbocycles. The molecule has 0 aromatic heterocycles. The van der Waals surface area contributed by atoms with E-state index in [4.69, 9.17) is 4.74 Å². The van der Waals surface area contributed by atoms with Gasteiger partial charge in [0.15, 0.2) is 5.41 Å². The van der Waals surface area contributed by atoms with Gasteiger partial charge in [-0.05, 0) is 38.0 Å². The van der Waals surface area contributed by atoms with E-state index in [2.05, 4.69) is 13.8 Å². The number of carboxylic acids is 1. The van der Waals surface area contributed by atoms with Crippen LogP contribution < -0.4 is 0 Å². The van der Waals surface area contributed by atoms with E-state index in [9.17, 15) is 14.7 Å². The first-order valence-corrected chi connectivity index (χ1v) is 6.25. The molecule has 1 fully saturated rings. The lowest BCUT2D eigenvalue weighted by molar-refractivity contribution is -0.169. The fraction of sp³-hybridized carbons (Fsp3) is 0.846. The third-order valence-corrected chi connectivity index (χ3v) is 3.76. The summed E-state index contributed by atoms with van der Waals surface area (Å²) in [6.45, 7) is 6.18. The van der Waals surface area contributed by atoms with E-state index < -0.39 is 17.4 Å². The molecule has 0 spiro atoms. The van der Waals surface area contributed by atoms with Crippen molar-refractivity contribution in [1.29, 1.82) is 0 Å². The zero-order valence-corrected chi connectivity index (χ0v) is 10.9. The highest BCUT2D eigenvalue weighted by Gasteiger charge is 2.49. The minimum absolute atomic E-state index is 0.115. The van der Waals surface area contributed by atoms with Crippen LogP contribution in [0.3, 0.4) is 0 Å². The van der Waals surface area contributed by atoms with E-state index in [1.54, 1.807) is 6.92 Å². The van der Waals surface area contributed by atoms with Crippen molar-refractivity contribution in [1.82, 2.24) is 0 Å². The monoisotopic (exact) mass is 242 g/mol. The largest absolute Gasteiger partial charge is 0.480 e. The number of hydrogen-bond donors (Lipinski definition) is 1. The maximum absolute atomic E-state index is 11.9. The second-order valence-electron chi connectivity index (χ2n) is 5.63. The molecule has 0 aliphatic heterocycles. The van der Waals surface area contributed by atoms with Gasteiger partial charge in [-0.2, -0.15) is 0 Å². The van der Waals surface area contributed by atoms with Gasteiger partial charge < -0.3 is 9.84 Å². The molecular weight excluding hydrogens is 220 g/mol. The summed E-state index contributed by atoms with van der Waals surface area (Å²) in [6, 6.07) is 0. The number of aliphatic carboxylic acids is 1. The lowest BCUT2D eigenvalue weighted by Crippen LogP contribution is -2.40. The highest BCUT2D eigenvalue weighted by molar-refractivity contribution is 5.99. The zero-order chi connectivity index (χ0) is 13.1. The minimum Gasteiger partial charge on any atom is -0.480 e. The number of carbonyl (C=O) groups excluding carboxylic acids is 1. The summed E-state index contributed by atoms with van der Waals surface area (Å²) in [6.07, 6.45) is 3.25. The predicted molar refractivity (Wildman–Crippen MR) is 63.6 cm³/mol. The van der Waals surface area contributed by atoms with Crippen LogP contribution in [0.2, 0.25) is 0 Å². The molecule has 1 unspecified atom stereocenters. The van der Waals surface area contributed by atoms with Crippen LogP contribution in [0.5, 0.6) is 0 Å². The van der Waals surface area contributed by atoms with E-state index in [1.807, 2.05) is 0 Å². The van der Waals surface area contributed by atoms with Gasteiger partial charge in [-0.1, -0.05) is 20.3 Å². The highest BCUT2D eigenvalue weighted by Crippen LogP contribution is 2.43. The van der Waals surface area contributed by atoms with Gasteiger partial charge in [0.2, 0.25) is 0 Å². The van der Waals surface area contributed by atoms with Gasteiger partial charge in [0, 0.05) is 0 Å². The fourth-order valence-corrected chi connectivity index (χ4v) is 2.45. The standard InChI is InChI=1S/C13H22O4/c1-4-17-11(16)13(10(14)15)7-5-6-12(2,3)8-9-13/h4-9H2,1-3H3,(H,14,15). The highest BCUT2D eigenvalue weighted by atomic mass is 16.5. The van der Waals surface area contributed by atoms with E-state index in [0.717, 1.165) is 19.3 Å². The number of carbonyl (C=O) groups is 2. The van der Waals surface area contributed by atoms with Crippen molar-refractivity contribution in [2.75, 3.05) is 6.61 Å². The quantitative estimate of drug-likeness (QED) is 0.469. The fourth-order valence-electron chi connectivity index (χ4n) is 2.45. The van der Waals surface area contributed by atoms with Crippen molar-refractivity contribution in [3.05, 3.63) is 0 Å². The molecule has 1 aliphatic rings. The molecule has 0 aromatic rings. The number of esters is 1. The second kappa shape index (κ2) is 5.07. The van der Waals surface area contributed by atoms with Crippen LogP contribution in [0.25, 0.3) is 0 Å². The maximum atomic E-state index is 11.9. The van der Waals surface area contributed by atoms with Crippen molar-refractivity contribution < 1.29 is 19.4 Å². The Bertz CT molecular complexity index is 309. The summed E-state index contributed by atoms with van der Waals surface area (Å²) in [5.41, 5.74) is -1.20. The van der Waals surface area contributed by atoms with Gasteiger partial charge in [0.05, 0.1) is 6.61 Å². The molecule has 98 valence electrons. The molecular formula is C13H22O4. The molecule has 0 heterocycles. The molecule has 1 N–H and O–H groups in total. The van der Waals surface area contributed by atoms with Crippen LogP contribution in [0.1, 0.15) is 52.9 Å². The molecule has 1 rings (SSSR count). The van der Waals surface area contributed by atoms with Crippen molar-refractivity contribution in [3.8, 4) is 0 Å². The Labute approximate surface area is 102 Å². The van der Waals surface area contributed by atoms with Gasteiger partial charge in [0.1, 0.15) is 0 Å². The summed E-state index contributed by atoms with van der Waals surface area (Å²) in [4.78, 5) is 23.4. The molecule has 0 bridgehead atoms.